The molecule has 0 aromatic heterocycles. The monoisotopic (exact) mass is 246 g/mol. The van der Waals surface area contributed by atoms with Crippen LogP contribution in [0, 0.1) is 0 Å². The molecule has 2 N–H and O–H groups in total. The maximum Gasteiger partial charge on any atom is 0.0399 e. The average molecular weight is 246 g/mol. The topological polar surface area (TPSA) is 29.3 Å². The molecule has 2 nitrogen and oxygen atoms in total. The van der Waals surface area contributed by atoms with Crippen LogP contribution < -0.4 is 10.6 Å². The van der Waals surface area contributed by atoms with Crippen molar-refractivity contribution in [3.8, 4) is 0 Å². The molecule has 0 bridgehead atoms. The van der Waals surface area contributed by atoms with Gasteiger partial charge in [0.2, 0.25) is 0 Å². The van der Waals surface area contributed by atoms with Crippen LogP contribution in [0.15, 0.2) is 24.3 Å². The van der Waals surface area contributed by atoms with Gasteiger partial charge in [0.1, 0.15) is 0 Å². The van der Waals surface area contributed by atoms with Gasteiger partial charge in [0, 0.05) is 24.8 Å². The highest BCUT2D eigenvalue weighted by Gasteiger charge is 2.13. The van der Waals surface area contributed by atoms with E-state index in [1.54, 1.807) is 0 Å². The van der Waals surface area contributed by atoms with E-state index in [1.807, 2.05) is 0 Å². The van der Waals surface area contributed by atoms with Gasteiger partial charge in [-0.15, -0.1) is 0 Å². The summed E-state index contributed by atoms with van der Waals surface area (Å²) < 4.78 is 0. The van der Waals surface area contributed by atoms with Gasteiger partial charge in [-0.2, -0.15) is 0 Å². The van der Waals surface area contributed by atoms with Crippen LogP contribution in [0.25, 0.3) is 0 Å². The fourth-order valence-corrected chi connectivity index (χ4v) is 2.83. The molecule has 1 unspecified atom stereocenters. The van der Waals surface area contributed by atoms with Gasteiger partial charge in [0.05, 0.1) is 0 Å². The molecular formula is C16H26N2. The van der Waals surface area contributed by atoms with Crippen LogP contribution in [0.1, 0.15) is 44.6 Å². The first-order chi connectivity index (χ1) is 8.77. The van der Waals surface area contributed by atoms with E-state index in [-0.39, 0.29) is 6.04 Å². The van der Waals surface area contributed by atoms with Crippen LogP contribution >= 0.6 is 0 Å². The molecule has 1 atom stereocenters. The fraction of sp³-hybridized carbons (Fsp3) is 0.625. The summed E-state index contributed by atoms with van der Waals surface area (Å²) in [5.41, 5.74) is 8.78. The molecule has 2 heteroatoms. The SMILES string of the molecule is CC(N)Cc1ccccc1N1CCCCCCC1. The van der Waals surface area contributed by atoms with Gasteiger partial charge in [-0.3, -0.25) is 0 Å². The van der Waals surface area contributed by atoms with Crippen LogP contribution in [0.5, 0.6) is 0 Å². The maximum absolute atomic E-state index is 5.96. The number of benzene rings is 1. The lowest BCUT2D eigenvalue weighted by atomic mass is 10.0. The van der Waals surface area contributed by atoms with Gasteiger partial charge in [-0.25, -0.2) is 0 Å². The van der Waals surface area contributed by atoms with Gasteiger partial charge in [0.15, 0.2) is 0 Å². The predicted octanol–water partition coefficient (Wildman–Crippen LogP) is 3.35. The third-order valence-electron chi connectivity index (χ3n) is 3.73. The van der Waals surface area contributed by atoms with Crippen molar-refractivity contribution in [2.24, 2.45) is 5.73 Å². The number of rotatable bonds is 3. The van der Waals surface area contributed by atoms with Crippen molar-refractivity contribution in [2.45, 2.75) is 51.5 Å². The van der Waals surface area contributed by atoms with E-state index in [0.717, 1.165) is 6.42 Å². The van der Waals surface area contributed by atoms with Crippen LogP contribution in [0.3, 0.4) is 0 Å². The molecule has 0 aliphatic carbocycles. The van der Waals surface area contributed by atoms with Crippen LogP contribution in [0.2, 0.25) is 0 Å². The van der Waals surface area contributed by atoms with E-state index in [1.165, 1.54) is 56.4 Å². The second-order valence-corrected chi connectivity index (χ2v) is 5.56. The summed E-state index contributed by atoms with van der Waals surface area (Å²) in [6, 6.07) is 9.02. The van der Waals surface area contributed by atoms with E-state index in [9.17, 15) is 0 Å². The zero-order chi connectivity index (χ0) is 12.8. The number of hydrogen-bond acceptors (Lipinski definition) is 2. The second kappa shape index (κ2) is 6.79. The van der Waals surface area contributed by atoms with Crippen LogP contribution in [-0.2, 0) is 6.42 Å². The highest BCUT2D eigenvalue weighted by atomic mass is 15.1. The molecule has 1 saturated heterocycles. The summed E-state index contributed by atoms with van der Waals surface area (Å²) in [5, 5.41) is 0. The minimum absolute atomic E-state index is 0.237. The Balaban J connectivity index is 2.14. The quantitative estimate of drug-likeness (QED) is 0.886. The normalized spacial score (nSPS) is 19.1. The average Bonchev–Trinajstić information content (AvgIpc) is 2.29. The van der Waals surface area contributed by atoms with E-state index in [4.69, 9.17) is 5.73 Å². The van der Waals surface area contributed by atoms with Crippen LogP contribution in [-0.4, -0.2) is 19.1 Å². The zero-order valence-corrected chi connectivity index (χ0v) is 11.6. The Morgan fingerprint density at radius 2 is 1.67 bits per heavy atom. The predicted molar refractivity (Wildman–Crippen MR) is 79.1 cm³/mol. The van der Waals surface area contributed by atoms with E-state index in [2.05, 4.69) is 36.1 Å². The van der Waals surface area contributed by atoms with Crippen LogP contribution in [0.4, 0.5) is 5.69 Å². The molecule has 0 radical (unpaired) electrons. The van der Waals surface area contributed by atoms with Crippen molar-refractivity contribution in [1.29, 1.82) is 0 Å². The lowest BCUT2D eigenvalue weighted by Crippen LogP contribution is -2.29. The Bertz CT molecular complexity index is 352. The third kappa shape index (κ3) is 3.74. The van der Waals surface area contributed by atoms with E-state index >= 15 is 0 Å². The van der Waals surface area contributed by atoms with Gasteiger partial charge < -0.3 is 10.6 Å². The number of nitrogens with zero attached hydrogens (tertiary/aromatic N) is 1. The minimum atomic E-state index is 0.237. The largest absolute Gasteiger partial charge is 0.371 e. The summed E-state index contributed by atoms with van der Waals surface area (Å²) in [6.07, 6.45) is 7.80. The van der Waals surface area contributed by atoms with Gasteiger partial charge in [-0.05, 0) is 37.8 Å². The molecule has 1 heterocycles. The maximum atomic E-state index is 5.96. The Hall–Kier alpha value is -1.02. The van der Waals surface area contributed by atoms with Crippen molar-refractivity contribution >= 4 is 5.69 Å². The lowest BCUT2D eigenvalue weighted by Gasteiger charge is -2.29. The number of anilines is 1. The Morgan fingerprint density at radius 3 is 2.33 bits per heavy atom. The Morgan fingerprint density at radius 1 is 1.06 bits per heavy atom. The highest BCUT2D eigenvalue weighted by Crippen LogP contribution is 2.24. The molecule has 1 aromatic rings. The van der Waals surface area contributed by atoms with Crippen molar-refractivity contribution in [1.82, 2.24) is 0 Å². The molecule has 0 spiro atoms. The Kier molecular flexibility index (Phi) is 5.06. The van der Waals surface area contributed by atoms with E-state index < -0.39 is 0 Å². The summed E-state index contributed by atoms with van der Waals surface area (Å²) in [4.78, 5) is 2.57. The fourth-order valence-electron chi connectivity index (χ4n) is 2.83. The van der Waals surface area contributed by atoms with Gasteiger partial charge >= 0.3 is 0 Å². The molecule has 100 valence electrons. The van der Waals surface area contributed by atoms with Crippen molar-refractivity contribution < 1.29 is 0 Å². The zero-order valence-electron chi connectivity index (χ0n) is 11.6. The summed E-state index contributed by atoms with van der Waals surface area (Å²) in [5.74, 6) is 0. The highest BCUT2D eigenvalue weighted by molar-refractivity contribution is 5.54. The molecule has 2 rings (SSSR count). The van der Waals surface area contributed by atoms with Gasteiger partial charge in [0.25, 0.3) is 0 Å². The molecule has 1 aromatic carbocycles. The molecule has 1 aliphatic heterocycles. The third-order valence-corrected chi connectivity index (χ3v) is 3.73. The molecule has 1 fully saturated rings. The molecule has 1 aliphatic rings. The van der Waals surface area contributed by atoms with Gasteiger partial charge in [-0.1, -0.05) is 37.5 Å². The van der Waals surface area contributed by atoms with Crippen molar-refractivity contribution in [3.63, 3.8) is 0 Å². The summed E-state index contributed by atoms with van der Waals surface area (Å²) in [6.45, 7) is 4.50. The number of para-hydroxylation sites is 1. The smallest absolute Gasteiger partial charge is 0.0399 e. The standard InChI is InChI=1S/C16H26N2/c1-14(17)13-15-9-5-6-10-16(15)18-11-7-3-2-4-8-12-18/h5-6,9-10,14H,2-4,7-8,11-13,17H2,1H3. The van der Waals surface area contributed by atoms with E-state index in [0.29, 0.717) is 0 Å². The first-order valence-corrected chi connectivity index (χ1v) is 7.36. The first kappa shape index (κ1) is 13.4. The number of nitrogens with two attached hydrogens (primary N) is 1. The molecule has 18 heavy (non-hydrogen) atoms. The second-order valence-electron chi connectivity index (χ2n) is 5.56. The molecule has 0 saturated carbocycles. The summed E-state index contributed by atoms with van der Waals surface area (Å²) in [7, 11) is 0. The van der Waals surface area contributed by atoms with Crippen molar-refractivity contribution in [3.05, 3.63) is 29.8 Å². The minimum Gasteiger partial charge on any atom is -0.371 e. The number of hydrogen-bond donors (Lipinski definition) is 1. The first-order valence-electron chi connectivity index (χ1n) is 7.36. The lowest BCUT2D eigenvalue weighted by molar-refractivity contribution is 0.555. The van der Waals surface area contributed by atoms with Crippen molar-refractivity contribution in [2.75, 3.05) is 18.0 Å². The molecular weight excluding hydrogens is 220 g/mol. The summed E-state index contributed by atoms with van der Waals surface area (Å²) >= 11 is 0. The molecule has 0 amide bonds. The Labute approximate surface area is 111 Å².